The van der Waals surface area contributed by atoms with E-state index in [0.29, 0.717) is 0 Å². The van der Waals surface area contributed by atoms with Gasteiger partial charge in [0.25, 0.3) is 0 Å². The minimum atomic E-state index is 0.820. The molecule has 1 aromatic rings. The van der Waals surface area contributed by atoms with Crippen molar-refractivity contribution in [2.45, 2.75) is 219 Å². The zero-order valence-corrected chi connectivity index (χ0v) is 30.2. The van der Waals surface area contributed by atoms with Crippen LogP contribution in [0.15, 0.2) is 24.3 Å². The topological polar surface area (TPSA) is 18.5 Å². The molecule has 258 valence electrons. The summed E-state index contributed by atoms with van der Waals surface area (Å²) in [5.41, 5.74) is 0. The first-order valence-corrected chi connectivity index (χ1v) is 20.2. The van der Waals surface area contributed by atoms with Crippen molar-refractivity contribution in [3.8, 4) is 11.5 Å². The van der Waals surface area contributed by atoms with Gasteiger partial charge < -0.3 is 9.47 Å². The molecule has 0 saturated carbocycles. The standard InChI is InChI=1S/C42H78O2/c1-3-5-7-9-11-13-15-17-19-21-23-25-27-29-31-33-38-43-41-36-35-37-42(40-41)44-39-34-32-30-28-26-24-22-20-18-16-14-12-10-8-6-4-2/h35-37,40H,3-34,38-39H2,1-2H3. The summed E-state index contributed by atoms with van der Waals surface area (Å²) in [6, 6.07) is 8.26. The number of benzene rings is 1. The van der Waals surface area contributed by atoms with Crippen molar-refractivity contribution in [2.24, 2.45) is 0 Å². The van der Waals surface area contributed by atoms with Gasteiger partial charge in [-0.1, -0.05) is 213 Å². The molecule has 0 atom stereocenters. The Balaban J connectivity index is 1.83. The van der Waals surface area contributed by atoms with Gasteiger partial charge in [0.15, 0.2) is 0 Å². The van der Waals surface area contributed by atoms with Crippen LogP contribution in [0.3, 0.4) is 0 Å². The SMILES string of the molecule is CCCCCCCCCCCCCCCCCCOc1cccc(OCCCCCCCCCCCCCCCCCC)c1. The van der Waals surface area contributed by atoms with Crippen LogP contribution in [0.25, 0.3) is 0 Å². The molecule has 0 aliphatic rings. The van der Waals surface area contributed by atoms with E-state index in [9.17, 15) is 0 Å². The van der Waals surface area contributed by atoms with Crippen molar-refractivity contribution in [2.75, 3.05) is 13.2 Å². The summed E-state index contributed by atoms with van der Waals surface area (Å²) in [6.07, 6.45) is 44.9. The van der Waals surface area contributed by atoms with E-state index in [1.54, 1.807) is 0 Å². The number of unbranched alkanes of at least 4 members (excludes halogenated alkanes) is 30. The van der Waals surface area contributed by atoms with Crippen LogP contribution >= 0.6 is 0 Å². The van der Waals surface area contributed by atoms with E-state index in [2.05, 4.69) is 38.1 Å². The highest BCUT2D eigenvalue weighted by Gasteiger charge is 2.00. The van der Waals surface area contributed by atoms with E-state index in [1.165, 1.54) is 193 Å². The fraction of sp³-hybridized carbons (Fsp3) is 0.857. The number of hydrogen-bond donors (Lipinski definition) is 0. The Morgan fingerprint density at radius 3 is 0.795 bits per heavy atom. The van der Waals surface area contributed by atoms with Crippen LogP contribution in [0, 0.1) is 0 Å². The highest BCUT2D eigenvalue weighted by Crippen LogP contribution is 2.21. The predicted molar refractivity (Wildman–Crippen MR) is 197 cm³/mol. The molecule has 1 aromatic carbocycles. The average Bonchev–Trinajstić information content (AvgIpc) is 3.04. The molecule has 0 fully saturated rings. The quantitative estimate of drug-likeness (QED) is 0.0700. The van der Waals surface area contributed by atoms with Gasteiger partial charge in [-0.25, -0.2) is 0 Å². The van der Waals surface area contributed by atoms with E-state index in [1.807, 2.05) is 0 Å². The van der Waals surface area contributed by atoms with Crippen LogP contribution in [0.2, 0.25) is 0 Å². The minimum absolute atomic E-state index is 0.820. The molecule has 0 spiro atoms. The summed E-state index contributed by atoms with van der Waals surface area (Å²) in [7, 11) is 0. The lowest BCUT2D eigenvalue weighted by Crippen LogP contribution is -2.00. The molecule has 0 radical (unpaired) electrons. The maximum atomic E-state index is 6.02. The predicted octanol–water partition coefficient (Wildman–Crippen LogP) is 15.0. The molecule has 2 heteroatoms. The van der Waals surface area contributed by atoms with Crippen LogP contribution in [-0.2, 0) is 0 Å². The lowest BCUT2D eigenvalue weighted by atomic mass is 10.0. The van der Waals surface area contributed by atoms with E-state index in [-0.39, 0.29) is 0 Å². The monoisotopic (exact) mass is 615 g/mol. The van der Waals surface area contributed by atoms with Crippen LogP contribution in [0.4, 0.5) is 0 Å². The van der Waals surface area contributed by atoms with Gasteiger partial charge in [0.2, 0.25) is 0 Å². The molecule has 1 rings (SSSR count). The van der Waals surface area contributed by atoms with Gasteiger partial charge >= 0.3 is 0 Å². The summed E-state index contributed by atoms with van der Waals surface area (Å²) in [6.45, 7) is 6.24. The lowest BCUT2D eigenvalue weighted by molar-refractivity contribution is 0.289. The minimum Gasteiger partial charge on any atom is -0.493 e. The van der Waals surface area contributed by atoms with E-state index >= 15 is 0 Å². The normalized spacial score (nSPS) is 11.3. The molecule has 0 N–H and O–H groups in total. The molecular formula is C42H78O2. The van der Waals surface area contributed by atoms with Gasteiger partial charge in [0.05, 0.1) is 13.2 Å². The van der Waals surface area contributed by atoms with Gasteiger partial charge in [-0.05, 0) is 25.0 Å². The molecule has 0 heterocycles. The van der Waals surface area contributed by atoms with Crippen molar-refractivity contribution in [3.05, 3.63) is 24.3 Å². The van der Waals surface area contributed by atoms with Gasteiger partial charge in [-0.15, -0.1) is 0 Å². The van der Waals surface area contributed by atoms with Crippen molar-refractivity contribution < 1.29 is 9.47 Å². The Kier molecular flexibility index (Phi) is 32.2. The van der Waals surface area contributed by atoms with E-state index in [0.717, 1.165) is 37.6 Å². The van der Waals surface area contributed by atoms with Crippen molar-refractivity contribution in [1.82, 2.24) is 0 Å². The Morgan fingerprint density at radius 1 is 0.318 bits per heavy atom. The first-order chi connectivity index (χ1) is 21.9. The van der Waals surface area contributed by atoms with Gasteiger partial charge in [0.1, 0.15) is 11.5 Å². The Labute approximate surface area is 277 Å². The first-order valence-electron chi connectivity index (χ1n) is 20.2. The molecule has 44 heavy (non-hydrogen) atoms. The van der Waals surface area contributed by atoms with Crippen LogP contribution < -0.4 is 9.47 Å². The molecule has 0 bridgehead atoms. The van der Waals surface area contributed by atoms with Gasteiger partial charge in [-0.3, -0.25) is 0 Å². The molecule has 0 aliphatic heterocycles. The summed E-state index contributed by atoms with van der Waals surface area (Å²) in [4.78, 5) is 0. The second-order valence-electron chi connectivity index (χ2n) is 13.8. The summed E-state index contributed by atoms with van der Waals surface area (Å²) in [5, 5.41) is 0. The maximum Gasteiger partial charge on any atom is 0.122 e. The molecule has 0 amide bonds. The Hall–Kier alpha value is -1.18. The van der Waals surface area contributed by atoms with Gasteiger partial charge in [0, 0.05) is 6.07 Å². The Morgan fingerprint density at radius 2 is 0.545 bits per heavy atom. The zero-order chi connectivity index (χ0) is 31.4. The number of rotatable bonds is 36. The second kappa shape index (κ2) is 34.7. The van der Waals surface area contributed by atoms with Crippen LogP contribution in [-0.4, -0.2) is 13.2 Å². The fourth-order valence-corrected chi connectivity index (χ4v) is 6.33. The van der Waals surface area contributed by atoms with Crippen molar-refractivity contribution >= 4 is 0 Å². The summed E-state index contributed by atoms with van der Waals surface area (Å²) in [5.74, 6) is 1.91. The molecule has 0 unspecified atom stereocenters. The average molecular weight is 615 g/mol. The molecule has 0 saturated heterocycles. The molecular weight excluding hydrogens is 536 g/mol. The third kappa shape index (κ3) is 29.5. The zero-order valence-electron chi connectivity index (χ0n) is 30.2. The molecule has 0 aliphatic carbocycles. The van der Waals surface area contributed by atoms with E-state index < -0.39 is 0 Å². The highest BCUT2D eigenvalue weighted by atomic mass is 16.5. The molecule has 0 aromatic heterocycles. The van der Waals surface area contributed by atoms with Crippen molar-refractivity contribution in [1.29, 1.82) is 0 Å². The maximum absolute atomic E-state index is 6.02. The number of ether oxygens (including phenoxy) is 2. The van der Waals surface area contributed by atoms with E-state index in [4.69, 9.17) is 9.47 Å². The second-order valence-corrected chi connectivity index (χ2v) is 13.8. The molecule has 2 nitrogen and oxygen atoms in total. The summed E-state index contributed by atoms with van der Waals surface area (Å²) >= 11 is 0. The number of hydrogen-bond acceptors (Lipinski definition) is 2. The third-order valence-corrected chi connectivity index (χ3v) is 9.34. The third-order valence-electron chi connectivity index (χ3n) is 9.34. The Bertz CT molecular complexity index is 618. The highest BCUT2D eigenvalue weighted by molar-refractivity contribution is 5.32. The summed E-state index contributed by atoms with van der Waals surface area (Å²) < 4.78 is 12.0. The van der Waals surface area contributed by atoms with Crippen LogP contribution in [0.5, 0.6) is 11.5 Å². The smallest absolute Gasteiger partial charge is 0.122 e. The van der Waals surface area contributed by atoms with Crippen LogP contribution in [0.1, 0.15) is 219 Å². The lowest BCUT2D eigenvalue weighted by Gasteiger charge is -2.10. The largest absolute Gasteiger partial charge is 0.493 e. The first kappa shape index (κ1) is 40.8. The fourth-order valence-electron chi connectivity index (χ4n) is 6.33. The van der Waals surface area contributed by atoms with Crippen molar-refractivity contribution in [3.63, 3.8) is 0 Å². The van der Waals surface area contributed by atoms with Gasteiger partial charge in [-0.2, -0.15) is 0 Å².